The fraction of sp³-hybridized carbons (Fsp3) is 0.0566. The Bertz CT molecular complexity index is 3110. The molecule has 0 atom stereocenters. The molecule has 0 saturated heterocycles. The molecule has 55 heavy (non-hydrogen) atoms. The minimum atomic E-state index is -0.0478. The van der Waals surface area contributed by atoms with Crippen molar-refractivity contribution in [3.63, 3.8) is 0 Å². The maximum Gasteiger partial charge on any atom is 0.143 e. The molecule has 2 nitrogen and oxygen atoms in total. The molecule has 0 bridgehead atoms. The zero-order chi connectivity index (χ0) is 36.7. The van der Waals surface area contributed by atoms with Gasteiger partial charge in [-0.05, 0) is 104 Å². The summed E-state index contributed by atoms with van der Waals surface area (Å²) in [6.45, 7) is 4.69. The van der Waals surface area contributed by atoms with Crippen LogP contribution in [0, 0.1) is 0 Å². The Hall–Kier alpha value is -6.90. The molecule has 260 valence electrons. The summed E-state index contributed by atoms with van der Waals surface area (Å²) >= 11 is 0. The second kappa shape index (κ2) is 12.1. The molecule has 0 unspecified atom stereocenters. The van der Waals surface area contributed by atoms with Gasteiger partial charge < -0.3 is 9.32 Å². The second-order valence-corrected chi connectivity index (χ2v) is 15.3. The third-order valence-corrected chi connectivity index (χ3v) is 11.9. The first-order valence-electron chi connectivity index (χ1n) is 19.1. The summed E-state index contributed by atoms with van der Waals surface area (Å²) in [4.78, 5) is 2.41. The van der Waals surface area contributed by atoms with E-state index < -0.39 is 0 Å². The summed E-state index contributed by atoms with van der Waals surface area (Å²) in [7, 11) is 0. The zero-order valence-corrected chi connectivity index (χ0v) is 30.8. The van der Waals surface area contributed by atoms with Crippen LogP contribution in [0.15, 0.2) is 192 Å². The fourth-order valence-corrected chi connectivity index (χ4v) is 9.09. The lowest BCUT2D eigenvalue weighted by Crippen LogP contribution is -2.14. The van der Waals surface area contributed by atoms with Crippen LogP contribution in [0.3, 0.4) is 0 Å². The molecule has 1 aliphatic carbocycles. The Morgan fingerprint density at radius 1 is 0.400 bits per heavy atom. The summed E-state index contributed by atoms with van der Waals surface area (Å²) in [6.07, 6.45) is 0. The van der Waals surface area contributed by atoms with Crippen LogP contribution in [-0.4, -0.2) is 0 Å². The largest absolute Gasteiger partial charge is 0.455 e. The van der Waals surface area contributed by atoms with Gasteiger partial charge in [-0.25, -0.2) is 0 Å². The molecule has 0 fully saturated rings. The molecular weight excluding hydrogens is 667 g/mol. The van der Waals surface area contributed by atoms with Crippen molar-refractivity contribution in [1.29, 1.82) is 0 Å². The van der Waals surface area contributed by atoms with Crippen molar-refractivity contribution in [3.8, 4) is 33.4 Å². The lowest BCUT2D eigenvalue weighted by atomic mass is 9.81. The Morgan fingerprint density at radius 2 is 1.07 bits per heavy atom. The Labute approximate surface area is 320 Å². The van der Waals surface area contributed by atoms with Crippen LogP contribution in [0.1, 0.15) is 25.0 Å². The Kier molecular flexibility index (Phi) is 6.93. The molecule has 1 aliphatic rings. The molecule has 0 N–H and O–H groups in total. The SMILES string of the molecule is CC1(C)c2ccccc2-c2ccc(-c3ccc(N(c4ccc5oc6c7ccccc7ccc6c5c4)c4ccc(-c5ccccc5)c5ccccc45)cc3)cc21. The van der Waals surface area contributed by atoms with Crippen LogP contribution in [-0.2, 0) is 5.41 Å². The summed E-state index contributed by atoms with van der Waals surface area (Å²) in [5.74, 6) is 0. The second-order valence-electron chi connectivity index (χ2n) is 15.3. The number of benzene rings is 9. The van der Waals surface area contributed by atoms with Crippen molar-refractivity contribution in [2.45, 2.75) is 19.3 Å². The van der Waals surface area contributed by atoms with Crippen LogP contribution in [0.5, 0.6) is 0 Å². The van der Waals surface area contributed by atoms with E-state index in [1.165, 1.54) is 60.7 Å². The van der Waals surface area contributed by atoms with Crippen molar-refractivity contribution in [2.24, 2.45) is 0 Å². The van der Waals surface area contributed by atoms with Gasteiger partial charge in [-0.3, -0.25) is 0 Å². The molecule has 0 amide bonds. The Morgan fingerprint density at radius 3 is 1.93 bits per heavy atom. The van der Waals surface area contributed by atoms with Gasteiger partial charge in [0.05, 0.1) is 5.69 Å². The zero-order valence-electron chi connectivity index (χ0n) is 30.8. The average molecular weight is 704 g/mol. The normalized spacial score (nSPS) is 13.1. The number of fused-ring (bicyclic) bond motifs is 9. The number of hydrogen-bond acceptors (Lipinski definition) is 2. The molecule has 0 radical (unpaired) electrons. The van der Waals surface area contributed by atoms with Crippen molar-refractivity contribution >= 4 is 60.5 Å². The number of furan rings is 1. The van der Waals surface area contributed by atoms with Gasteiger partial charge in [-0.1, -0.05) is 153 Å². The lowest BCUT2D eigenvalue weighted by Gasteiger charge is -2.28. The van der Waals surface area contributed by atoms with Gasteiger partial charge in [-0.15, -0.1) is 0 Å². The molecule has 10 aromatic rings. The highest BCUT2D eigenvalue weighted by molar-refractivity contribution is 6.16. The summed E-state index contributed by atoms with van der Waals surface area (Å²) in [5.41, 5.74) is 15.4. The highest BCUT2D eigenvalue weighted by atomic mass is 16.3. The fourth-order valence-electron chi connectivity index (χ4n) is 9.09. The van der Waals surface area contributed by atoms with Crippen molar-refractivity contribution in [1.82, 2.24) is 0 Å². The van der Waals surface area contributed by atoms with E-state index in [1.54, 1.807) is 0 Å². The van der Waals surface area contributed by atoms with Gasteiger partial charge in [-0.2, -0.15) is 0 Å². The summed E-state index contributed by atoms with van der Waals surface area (Å²) < 4.78 is 6.56. The van der Waals surface area contributed by atoms with E-state index >= 15 is 0 Å². The molecular formula is C53H37NO. The first-order chi connectivity index (χ1) is 27.0. The van der Waals surface area contributed by atoms with Gasteiger partial charge in [0.1, 0.15) is 11.2 Å². The minimum Gasteiger partial charge on any atom is -0.455 e. The molecule has 1 aromatic heterocycles. The smallest absolute Gasteiger partial charge is 0.143 e. The summed E-state index contributed by atoms with van der Waals surface area (Å²) in [6, 6.07) is 68.4. The minimum absolute atomic E-state index is 0.0478. The maximum absolute atomic E-state index is 6.56. The number of anilines is 3. The van der Waals surface area contributed by atoms with E-state index in [-0.39, 0.29) is 5.41 Å². The van der Waals surface area contributed by atoms with Gasteiger partial charge >= 0.3 is 0 Å². The highest BCUT2D eigenvalue weighted by Gasteiger charge is 2.35. The van der Waals surface area contributed by atoms with E-state index in [0.29, 0.717) is 0 Å². The first-order valence-corrected chi connectivity index (χ1v) is 19.1. The third kappa shape index (κ3) is 4.88. The van der Waals surface area contributed by atoms with E-state index in [9.17, 15) is 0 Å². The van der Waals surface area contributed by atoms with Crippen LogP contribution in [0.25, 0.3) is 76.9 Å². The van der Waals surface area contributed by atoms with E-state index in [0.717, 1.165) is 44.4 Å². The standard InChI is InChI=1S/C53H37NO/c1-53(2)48-19-11-10-17-43(48)44-27-23-37(32-49(44)53)34-20-24-38(25-21-34)54(50-30-29-40(35-12-4-3-5-13-35)42-16-8-9-18-45(42)50)39-26-31-51-47(33-39)46-28-22-36-14-6-7-15-41(36)52(46)55-51/h3-33H,1-2H3. The Balaban J connectivity index is 1.08. The van der Waals surface area contributed by atoms with Gasteiger partial charge in [0.25, 0.3) is 0 Å². The number of hydrogen-bond donors (Lipinski definition) is 0. The monoisotopic (exact) mass is 703 g/mol. The molecule has 11 rings (SSSR count). The highest BCUT2D eigenvalue weighted by Crippen LogP contribution is 2.50. The quantitative estimate of drug-likeness (QED) is 0.177. The van der Waals surface area contributed by atoms with Gasteiger partial charge in [0.15, 0.2) is 0 Å². The predicted molar refractivity (Wildman–Crippen MR) is 232 cm³/mol. The third-order valence-electron chi connectivity index (χ3n) is 11.9. The van der Waals surface area contributed by atoms with Crippen molar-refractivity contribution in [3.05, 3.63) is 199 Å². The van der Waals surface area contributed by atoms with Gasteiger partial charge in [0.2, 0.25) is 0 Å². The maximum atomic E-state index is 6.56. The lowest BCUT2D eigenvalue weighted by molar-refractivity contribution is 0.660. The van der Waals surface area contributed by atoms with E-state index in [2.05, 4.69) is 207 Å². The van der Waals surface area contributed by atoms with Crippen molar-refractivity contribution in [2.75, 3.05) is 4.90 Å². The average Bonchev–Trinajstić information content (AvgIpc) is 3.73. The number of rotatable bonds is 5. The van der Waals surface area contributed by atoms with Crippen LogP contribution < -0.4 is 4.90 Å². The molecule has 0 spiro atoms. The topological polar surface area (TPSA) is 16.4 Å². The van der Waals surface area contributed by atoms with E-state index in [1.807, 2.05) is 0 Å². The van der Waals surface area contributed by atoms with Crippen LogP contribution in [0.4, 0.5) is 17.1 Å². The predicted octanol–water partition coefficient (Wildman–Crippen LogP) is 15.0. The van der Waals surface area contributed by atoms with Crippen LogP contribution >= 0.6 is 0 Å². The van der Waals surface area contributed by atoms with E-state index in [4.69, 9.17) is 4.42 Å². The molecule has 9 aromatic carbocycles. The first kappa shape index (κ1) is 31.6. The van der Waals surface area contributed by atoms with Gasteiger partial charge in [0, 0.05) is 38.3 Å². The molecule has 1 heterocycles. The molecule has 2 heteroatoms. The molecule has 0 aliphatic heterocycles. The van der Waals surface area contributed by atoms with Crippen molar-refractivity contribution < 1.29 is 4.42 Å². The molecule has 0 saturated carbocycles. The summed E-state index contributed by atoms with van der Waals surface area (Å²) in [5, 5.41) is 6.94. The number of nitrogens with zero attached hydrogens (tertiary/aromatic N) is 1. The van der Waals surface area contributed by atoms with Crippen LogP contribution in [0.2, 0.25) is 0 Å².